The fourth-order valence-corrected chi connectivity index (χ4v) is 4.67. The summed E-state index contributed by atoms with van der Waals surface area (Å²) in [7, 11) is -4.62. The molecule has 3 rings (SSSR count). The number of aliphatic hydroxyl groups is 2. The van der Waals surface area contributed by atoms with Crippen LogP contribution in [0.3, 0.4) is 0 Å². The minimum atomic E-state index is -4.62. The van der Waals surface area contributed by atoms with E-state index in [9.17, 15) is 34.1 Å². The molecule has 0 aromatic carbocycles. The van der Waals surface area contributed by atoms with Crippen LogP contribution in [0.15, 0.2) is 21.9 Å². The van der Waals surface area contributed by atoms with Gasteiger partial charge in [-0.15, -0.1) is 0 Å². The van der Waals surface area contributed by atoms with Gasteiger partial charge in [0.1, 0.15) is 23.9 Å². The maximum absolute atomic E-state index is 12.4. The van der Waals surface area contributed by atoms with Crippen LogP contribution < -0.4 is 16.3 Å². The summed E-state index contributed by atoms with van der Waals surface area (Å²) in [6, 6.07) is -0.155. The number of carbonyl (C=O) groups is 1. The number of aromatic amines is 1. The van der Waals surface area contributed by atoms with Gasteiger partial charge in [0, 0.05) is 12.3 Å². The molecule has 1 aromatic heterocycles. The normalized spacial score (nSPS) is 35.5. The first-order chi connectivity index (χ1) is 13.7. The van der Waals surface area contributed by atoms with E-state index in [1.807, 2.05) is 4.98 Å². The standard InChI is InChI=1S/C16H24N3O10P/c1-7(2)27-12(21)8(3)18-30(25,26)29-11-10-16(11,24)15(4,23)13(28-10)19-6-5-9(20)17-14(19)22/h5-8,10-11,13,23-24H,1-4H3,(H,17,20,22)(H2,18,25,26)/t8-,10+,11-,13+,15-,16-/m0/s1. The van der Waals surface area contributed by atoms with E-state index in [0.717, 1.165) is 23.8 Å². The number of ether oxygens (including phenoxy) is 2. The van der Waals surface area contributed by atoms with Crippen LogP contribution in [0.2, 0.25) is 0 Å². The Morgan fingerprint density at radius 2 is 2.00 bits per heavy atom. The molecule has 1 aromatic rings. The Kier molecular flexibility index (Phi) is 5.61. The van der Waals surface area contributed by atoms with Gasteiger partial charge >= 0.3 is 19.4 Å². The highest BCUT2D eigenvalue weighted by Crippen LogP contribution is 2.63. The molecular weight excluding hydrogens is 425 g/mol. The van der Waals surface area contributed by atoms with Crippen LogP contribution in [0.1, 0.15) is 33.9 Å². The van der Waals surface area contributed by atoms with Gasteiger partial charge in [-0.3, -0.25) is 23.7 Å². The number of esters is 1. The quantitative estimate of drug-likeness (QED) is 0.237. The highest BCUT2D eigenvalue weighted by atomic mass is 31.2. The summed E-state index contributed by atoms with van der Waals surface area (Å²) >= 11 is 0. The Labute approximate surface area is 170 Å². The van der Waals surface area contributed by atoms with Crippen molar-refractivity contribution in [2.24, 2.45) is 0 Å². The molecule has 0 bridgehead atoms. The van der Waals surface area contributed by atoms with Crippen molar-refractivity contribution in [1.82, 2.24) is 14.6 Å². The molecule has 13 nitrogen and oxygen atoms in total. The number of nitrogens with zero attached hydrogens (tertiary/aromatic N) is 1. The maximum Gasteiger partial charge on any atom is 0.404 e. The lowest BCUT2D eigenvalue weighted by Gasteiger charge is -2.33. The summed E-state index contributed by atoms with van der Waals surface area (Å²) in [6.07, 6.45) is -3.38. The Morgan fingerprint density at radius 1 is 1.37 bits per heavy atom. The van der Waals surface area contributed by atoms with E-state index < -0.39 is 66.7 Å². The summed E-state index contributed by atoms with van der Waals surface area (Å²) in [4.78, 5) is 47.0. The molecule has 0 spiro atoms. The van der Waals surface area contributed by atoms with Gasteiger partial charge in [-0.25, -0.2) is 14.4 Å². The summed E-state index contributed by atoms with van der Waals surface area (Å²) in [5.41, 5.74) is -5.76. The van der Waals surface area contributed by atoms with Crippen LogP contribution in [0, 0.1) is 0 Å². The SMILES string of the molecule is CC(C)OC(=O)[C@H](C)NP(=O)(O)O[C@H]1[C@H]2O[C@@H](n3ccc(=O)[nH]c3=O)[C@](C)(O)[C@]21O. The third-order valence-electron chi connectivity index (χ3n) is 5.02. The molecule has 1 saturated heterocycles. The van der Waals surface area contributed by atoms with Crippen LogP contribution in [0.25, 0.3) is 0 Å². The van der Waals surface area contributed by atoms with Crippen molar-refractivity contribution in [2.45, 2.75) is 69.5 Å². The van der Waals surface area contributed by atoms with Crippen molar-refractivity contribution in [1.29, 1.82) is 0 Å². The molecule has 7 atom stereocenters. The van der Waals surface area contributed by atoms with Crippen molar-refractivity contribution in [3.8, 4) is 0 Å². The Bertz CT molecular complexity index is 1000. The Balaban J connectivity index is 1.72. The van der Waals surface area contributed by atoms with Gasteiger partial charge in [0.25, 0.3) is 5.56 Å². The number of hydrogen-bond donors (Lipinski definition) is 5. The first-order valence-corrected chi connectivity index (χ1v) is 10.7. The van der Waals surface area contributed by atoms with Crippen LogP contribution in [0.4, 0.5) is 0 Å². The maximum atomic E-state index is 12.4. The lowest BCUT2D eigenvalue weighted by molar-refractivity contribution is -0.157. The third-order valence-corrected chi connectivity index (χ3v) is 6.25. The minimum absolute atomic E-state index is 0.430. The van der Waals surface area contributed by atoms with E-state index in [0.29, 0.717) is 0 Å². The molecule has 0 amide bonds. The predicted molar refractivity (Wildman–Crippen MR) is 99.3 cm³/mol. The van der Waals surface area contributed by atoms with Gasteiger partial charge in [0.2, 0.25) is 0 Å². The summed E-state index contributed by atoms with van der Waals surface area (Å²) in [5, 5.41) is 23.8. The minimum Gasteiger partial charge on any atom is -0.462 e. The Hall–Kier alpha value is -1.86. The molecule has 1 saturated carbocycles. The average molecular weight is 449 g/mol. The van der Waals surface area contributed by atoms with Gasteiger partial charge in [0.15, 0.2) is 11.8 Å². The second-order valence-electron chi connectivity index (χ2n) is 7.78. The molecule has 0 radical (unpaired) electrons. The van der Waals surface area contributed by atoms with Crippen LogP contribution in [-0.4, -0.2) is 66.2 Å². The third kappa shape index (κ3) is 3.78. The monoisotopic (exact) mass is 449 g/mol. The van der Waals surface area contributed by atoms with Crippen molar-refractivity contribution in [2.75, 3.05) is 0 Å². The zero-order valence-corrected chi connectivity index (χ0v) is 17.5. The molecule has 30 heavy (non-hydrogen) atoms. The molecule has 1 aliphatic carbocycles. The molecule has 168 valence electrons. The fraction of sp³-hybridized carbons (Fsp3) is 0.688. The average Bonchev–Trinajstić information content (AvgIpc) is 3.07. The molecule has 1 aliphatic heterocycles. The molecule has 5 N–H and O–H groups in total. The smallest absolute Gasteiger partial charge is 0.404 e. The molecule has 2 aliphatic rings. The van der Waals surface area contributed by atoms with Crippen LogP contribution >= 0.6 is 7.75 Å². The topological polar surface area (TPSA) is 189 Å². The van der Waals surface area contributed by atoms with Gasteiger partial charge in [-0.1, -0.05) is 0 Å². The van der Waals surface area contributed by atoms with Crippen molar-refractivity contribution < 1.29 is 38.5 Å². The summed E-state index contributed by atoms with van der Waals surface area (Å²) < 4.78 is 28.7. The van der Waals surface area contributed by atoms with Crippen molar-refractivity contribution in [3.05, 3.63) is 33.1 Å². The molecule has 2 heterocycles. The van der Waals surface area contributed by atoms with Crippen LogP contribution in [0.5, 0.6) is 0 Å². The summed E-state index contributed by atoms with van der Waals surface area (Å²) in [5.74, 6) is -0.779. The van der Waals surface area contributed by atoms with Crippen molar-refractivity contribution >= 4 is 13.7 Å². The molecule has 1 unspecified atom stereocenters. The van der Waals surface area contributed by atoms with Gasteiger partial charge in [0.05, 0.1) is 6.10 Å². The number of rotatable bonds is 7. The number of nitrogens with one attached hydrogen (secondary N) is 2. The second kappa shape index (κ2) is 7.38. The van der Waals surface area contributed by atoms with E-state index in [1.54, 1.807) is 13.8 Å². The van der Waals surface area contributed by atoms with Crippen LogP contribution in [-0.2, 0) is 23.4 Å². The number of fused-ring (bicyclic) bond motifs is 1. The fourth-order valence-electron chi connectivity index (χ4n) is 3.43. The largest absolute Gasteiger partial charge is 0.462 e. The summed E-state index contributed by atoms with van der Waals surface area (Å²) in [6.45, 7) is 5.69. The van der Waals surface area contributed by atoms with E-state index in [-0.39, 0.29) is 0 Å². The van der Waals surface area contributed by atoms with Crippen molar-refractivity contribution in [3.63, 3.8) is 0 Å². The van der Waals surface area contributed by atoms with Gasteiger partial charge < -0.3 is 24.6 Å². The van der Waals surface area contributed by atoms with E-state index >= 15 is 0 Å². The molecule has 14 heteroatoms. The number of H-pyrrole nitrogens is 1. The Morgan fingerprint density at radius 3 is 2.50 bits per heavy atom. The van der Waals surface area contributed by atoms with E-state index in [1.165, 1.54) is 6.92 Å². The first-order valence-electron chi connectivity index (χ1n) is 9.12. The number of carbonyl (C=O) groups excluding carboxylic acids is 1. The highest BCUT2D eigenvalue weighted by Gasteiger charge is 2.84. The number of aromatic nitrogens is 2. The van der Waals surface area contributed by atoms with E-state index in [2.05, 4.69) is 5.09 Å². The number of hydrogen-bond acceptors (Lipinski definition) is 9. The highest BCUT2D eigenvalue weighted by molar-refractivity contribution is 7.50. The lowest BCUT2D eigenvalue weighted by atomic mass is 9.95. The first kappa shape index (κ1) is 22.8. The second-order valence-corrected chi connectivity index (χ2v) is 9.29. The van der Waals surface area contributed by atoms with E-state index in [4.69, 9.17) is 14.0 Å². The zero-order chi connectivity index (χ0) is 22.6. The lowest BCUT2D eigenvalue weighted by Crippen LogP contribution is -2.51. The van der Waals surface area contributed by atoms with Gasteiger partial charge in [-0.2, -0.15) is 0 Å². The predicted octanol–water partition coefficient (Wildman–Crippen LogP) is -1.65. The van der Waals surface area contributed by atoms with Gasteiger partial charge in [-0.05, 0) is 27.7 Å². The molecular formula is C16H24N3O10P. The molecule has 2 fully saturated rings. The zero-order valence-electron chi connectivity index (χ0n) is 16.6.